The van der Waals surface area contributed by atoms with Gasteiger partial charge in [0.1, 0.15) is 5.82 Å². The molecule has 1 spiro atoms. The molecule has 0 atom stereocenters. The van der Waals surface area contributed by atoms with Crippen LogP contribution >= 0.6 is 10.0 Å². The van der Waals surface area contributed by atoms with Gasteiger partial charge in [0, 0.05) is 30.1 Å². The van der Waals surface area contributed by atoms with Gasteiger partial charge >= 0.3 is 0 Å². The van der Waals surface area contributed by atoms with Gasteiger partial charge in [0.25, 0.3) is 0 Å². The van der Waals surface area contributed by atoms with Crippen molar-refractivity contribution in [1.82, 2.24) is 4.98 Å². The van der Waals surface area contributed by atoms with Crippen molar-refractivity contribution < 1.29 is 9.53 Å². The molecule has 1 amide bonds. The molecule has 0 N–H and O–H groups in total. The molecule has 5 heteroatoms. The molecular weight excluding hydrogens is 284 g/mol. The van der Waals surface area contributed by atoms with Crippen LogP contribution in [0.1, 0.15) is 12.0 Å². The van der Waals surface area contributed by atoms with Crippen molar-refractivity contribution >= 4 is 21.8 Å². The molecule has 2 aliphatic heterocycles. The first-order valence-corrected chi connectivity index (χ1v) is 9.78. The number of ether oxygens (including phenoxy) is 1. The average molecular weight is 304 g/mol. The Balaban J connectivity index is 1.75. The summed E-state index contributed by atoms with van der Waals surface area (Å²) < 4.78 is 5.26. The van der Waals surface area contributed by atoms with Crippen LogP contribution in [-0.2, 0) is 9.53 Å². The van der Waals surface area contributed by atoms with Gasteiger partial charge in [0.15, 0.2) is 0 Å². The second-order valence-electron chi connectivity index (χ2n) is 6.62. The first kappa shape index (κ1) is 14.4. The summed E-state index contributed by atoms with van der Waals surface area (Å²) in [5.74, 6) is 4.02. The summed E-state index contributed by atoms with van der Waals surface area (Å²) in [6, 6.07) is 3.83. The molecule has 0 radical (unpaired) electrons. The van der Waals surface area contributed by atoms with Gasteiger partial charge in [-0.1, -0.05) is 5.92 Å². The van der Waals surface area contributed by atoms with E-state index in [1.807, 2.05) is 12.1 Å². The van der Waals surface area contributed by atoms with Gasteiger partial charge < -0.3 is 4.74 Å². The Bertz CT molecular complexity index is 618. The highest BCUT2D eigenvalue weighted by Gasteiger charge is 2.49. The van der Waals surface area contributed by atoms with E-state index in [9.17, 15) is 4.79 Å². The largest absolute Gasteiger partial charge is 0.380 e. The predicted octanol–water partition coefficient (Wildman–Crippen LogP) is 1.84. The van der Waals surface area contributed by atoms with Gasteiger partial charge in [-0.25, -0.2) is 4.98 Å². The second kappa shape index (κ2) is 5.04. The molecule has 3 rings (SSSR count). The van der Waals surface area contributed by atoms with E-state index < -0.39 is 10.0 Å². The zero-order chi connectivity index (χ0) is 15.1. The molecule has 1 aromatic heterocycles. The average Bonchev–Trinajstić information content (AvgIpc) is 2.74. The molecule has 2 fully saturated rings. The molecule has 0 aliphatic carbocycles. The number of nitrogens with zero attached hydrogens (tertiary/aromatic N) is 2. The summed E-state index contributed by atoms with van der Waals surface area (Å²) in [6.45, 7) is 2.09. The second-order valence-corrected chi connectivity index (χ2v) is 10.5. The monoisotopic (exact) mass is 304 g/mol. The highest BCUT2D eigenvalue weighted by atomic mass is 32.3. The van der Waals surface area contributed by atoms with E-state index in [1.165, 1.54) is 0 Å². The Morgan fingerprint density at radius 3 is 2.57 bits per heavy atom. The number of carbonyl (C=O) groups is 1. The third-order valence-corrected chi connectivity index (χ3v) is 4.38. The summed E-state index contributed by atoms with van der Waals surface area (Å²) in [6.07, 6.45) is 8.80. The lowest BCUT2D eigenvalue weighted by Gasteiger charge is -2.36. The van der Waals surface area contributed by atoms with Crippen molar-refractivity contribution in [3.63, 3.8) is 0 Å². The van der Waals surface area contributed by atoms with Crippen molar-refractivity contribution in [2.45, 2.75) is 6.42 Å². The zero-order valence-corrected chi connectivity index (χ0v) is 13.5. The van der Waals surface area contributed by atoms with Crippen molar-refractivity contribution in [2.75, 3.05) is 43.4 Å². The van der Waals surface area contributed by atoms with E-state index in [0.717, 1.165) is 17.9 Å². The van der Waals surface area contributed by atoms with Gasteiger partial charge in [-0.3, -0.25) is 9.69 Å². The molecule has 0 saturated carbocycles. The van der Waals surface area contributed by atoms with Crippen LogP contribution in [0.3, 0.4) is 0 Å². The Labute approximate surface area is 127 Å². The van der Waals surface area contributed by atoms with Gasteiger partial charge in [0.05, 0.1) is 13.2 Å². The zero-order valence-electron chi connectivity index (χ0n) is 12.7. The van der Waals surface area contributed by atoms with Gasteiger partial charge in [-0.05, 0) is 36.2 Å². The van der Waals surface area contributed by atoms with E-state index >= 15 is 0 Å². The summed E-state index contributed by atoms with van der Waals surface area (Å²) in [7, 11) is -0.835. The Kier molecular flexibility index (Phi) is 3.46. The van der Waals surface area contributed by atoms with Crippen LogP contribution in [0.5, 0.6) is 0 Å². The number of amides is 1. The maximum atomic E-state index is 12.1. The molecule has 0 bridgehead atoms. The summed E-state index contributed by atoms with van der Waals surface area (Å²) in [5, 5.41) is 3.26. The number of carbonyl (C=O) groups excluding carboxylic acids is 1. The molecule has 112 valence electrons. The lowest BCUT2D eigenvalue weighted by Crippen LogP contribution is -2.44. The summed E-state index contributed by atoms with van der Waals surface area (Å²) in [4.78, 5) is 18.3. The lowest BCUT2D eigenvalue weighted by molar-refractivity contribution is -0.126. The number of rotatable bonds is 1. The fourth-order valence-electron chi connectivity index (χ4n) is 2.52. The molecule has 4 nitrogen and oxygen atoms in total. The predicted molar refractivity (Wildman–Crippen MR) is 86.7 cm³/mol. The van der Waals surface area contributed by atoms with E-state index in [0.29, 0.717) is 19.6 Å². The van der Waals surface area contributed by atoms with E-state index in [4.69, 9.17) is 4.74 Å². The van der Waals surface area contributed by atoms with Crippen molar-refractivity contribution in [2.24, 2.45) is 5.41 Å². The number of aromatic nitrogens is 1. The molecule has 0 unspecified atom stereocenters. The maximum Gasteiger partial charge on any atom is 0.228 e. The molecular formula is C16H20N2O2S. The van der Waals surface area contributed by atoms with Crippen molar-refractivity contribution in [3.8, 4) is 11.2 Å². The van der Waals surface area contributed by atoms with Crippen molar-refractivity contribution in [3.05, 3.63) is 23.9 Å². The minimum Gasteiger partial charge on any atom is -0.380 e. The lowest BCUT2D eigenvalue weighted by atomic mass is 9.85. The Morgan fingerprint density at radius 2 is 2.10 bits per heavy atom. The van der Waals surface area contributed by atoms with E-state index in [2.05, 4.69) is 34.9 Å². The van der Waals surface area contributed by atoms with Crippen LogP contribution in [0.25, 0.3) is 0 Å². The summed E-state index contributed by atoms with van der Waals surface area (Å²) >= 11 is 0. The molecule has 2 saturated heterocycles. The number of anilines is 1. The number of hydrogen-bond acceptors (Lipinski definition) is 3. The van der Waals surface area contributed by atoms with Crippen LogP contribution in [0.15, 0.2) is 18.3 Å². The Morgan fingerprint density at radius 1 is 1.33 bits per heavy atom. The van der Waals surface area contributed by atoms with Crippen molar-refractivity contribution in [1.29, 1.82) is 0 Å². The number of hydrogen-bond donors (Lipinski definition) is 0. The quantitative estimate of drug-likeness (QED) is 0.744. The molecule has 2 aliphatic rings. The highest BCUT2D eigenvalue weighted by Crippen LogP contribution is 2.39. The van der Waals surface area contributed by atoms with Crippen LogP contribution in [0.4, 0.5) is 5.82 Å². The van der Waals surface area contributed by atoms with Crippen LogP contribution in [-0.4, -0.2) is 49.4 Å². The van der Waals surface area contributed by atoms with Gasteiger partial charge in [-0.15, -0.1) is 0 Å². The molecule has 21 heavy (non-hydrogen) atoms. The van der Waals surface area contributed by atoms with Gasteiger partial charge in [0.2, 0.25) is 5.91 Å². The van der Waals surface area contributed by atoms with Crippen LogP contribution in [0, 0.1) is 16.6 Å². The highest BCUT2D eigenvalue weighted by molar-refractivity contribution is 8.35. The minimum absolute atomic E-state index is 0.0346. The summed E-state index contributed by atoms with van der Waals surface area (Å²) in [5.41, 5.74) is 0.932. The third kappa shape index (κ3) is 3.07. The minimum atomic E-state index is -0.835. The van der Waals surface area contributed by atoms with E-state index in [-0.39, 0.29) is 11.3 Å². The normalized spacial score (nSPS) is 20.9. The third-order valence-electron chi connectivity index (χ3n) is 3.66. The smallest absolute Gasteiger partial charge is 0.228 e. The Hall–Kier alpha value is -1.51. The molecule has 3 heterocycles. The maximum absolute atomic E-state index is 12.1. The van der Waals surface area contributed by atoms with Crippen LogP contribution in [0.2, 0.25) is 0 Å². The van der Waals surface area contributed by atoms with Gasteiger partial charge in [-0.2, -0.15) is 10.0 Å². The SMILES string of the molecule is CS(C)(C)C#Cc1ccc(N2CC3(COC3)CC2=O)nc1. The fraction of sp³-hybridized carbons (Fsp3) is 0.500. The molecule has 0 aromatic carbocycles. The van der Waals surface area contributed by atoms with Crippen LogP contribution < -0.4 is 4.90 Å². The standard InChI is InChI=1S/C16H20N2O2S/c1-21(2,3)7-6-13-4-5-14(17-9-13)18-10-16(8-15(18)19)11-20-12-16/h4-5,9H,8,10-12H2,1-3H3. The topological polar surface area (TPSA) is 42.4 Å². The first-order chi connectivity index (χ1) is 9.87. The fourth-order valence-corrected chi connectivity index (χ4v) is 2.94. The molecule has 1 aromatic rings. The first-order valence-electron chi connectivity index (χ1n) is 6.92. The van der Waals surface area contributed by atoms with E-state index in [1.54, 1.807) is 11.1 Å². The number of pyridine rings is 1.